The van der Waals surface area contributed by atoms with Gasteiger partial charge in [0.2, 0.25) is 0 Å². The van der Waals surface area contributed by atoms with Crippen LogP contribution in [0.25, 0.3) is 0 Å². The number of aromatic amines is 1. The highest BCUT2D eigenvalue weighted by atomic mass is 16.5. The van der Waals surface area contributed by atoms with Gasteiger partial charge in [0.15, 0.2) is 5.69 Å². The van der Waals surface area contributed by atoms with Gasteiger partial charge in [0.05, 0.1) is 31.6 Å². The molecule has 0 aromatic carbocycles. The summed E-state index contributed by atoms with van der Waals surface area (Å²) in [5, 5.41) is 12.7. The molecule has 0 bridgehead atoms. The van der Waals surface area contributed by atoms with Crippen molar-refractivity contribution in [3.63, 3.8) is 0 Å². The number of H-pyrrole nitrogens is 1. The van der Waals surface area contributed by atoms with Crippen LogP contribution in [0.15, 0.2) is 17.8 Å². The Kier molecular flexibility index (Phi) is 5.25. The molecule has 20 heavy (non-hydrogen) atoms. The molecule has 110 valence electrons. The molecule has 0 unspecified atom stereocenters. The first kappa shape index (κ1) is 14.7. The molecule has 1 amide bonds. The van der Waals surface area contributed by atoms with E-state index in [-0.39, 0.29) is 23.7 Å². The first-order valence-corrected chi connectivity index (χ1v) is 6.66. The maximum Gasteiger partial charge on any atom is 0.273 e. The maximum absolute atomic E-state index is 11.9. The molecule has 1 fully saturated rings. The summed E-state index contributed by atoms with van der Waals surface area (Å²) in [4.78, 5) is 11.9. The molecule has 1 aromatic rings. The van der Waals surface area contributed by atoms with Crippen LogP contribution >= 0.6 is 0 Å². The van der Waals surface area contributed by atoms with E-state index in [1.165, 1.54) is 11.8 Å². The Morgan fingerprint density at radius 3 is 3.20 bits per heavy atom. The highest BCUT2D eigenvalue weighted by Gasteiger charge is 2.28. The molecule has 1 aliphatic rings. The summed E-state index contributed by atoms with van der Waals surface area (Å²) in [7, 11) is 0. The second-order valence-corrected chi connectivity index (χ2v) is 4.95. The van der Waals surface area contributed by atoms with Gasteiger partial charge in [-0.15, -0.1) is 0 Å². The monoisotopic (exact) mass is 280 g/mol. The van der Waals surface area contributed by atoms with E-state index in [0.29, 0.717) is 19.8 Å². The normalized spacial score (nSPS) is 22.3. The van der Waals surface area contributed by atoms with E-state index in [4.69, 9.17) is 9.47 Å². The van der Waals surface area contributed by atoms with Crippen molar-refractivity contribution in [3.8, 4) is 0 Å². The standard InChI is InChI=1S/C13H20N4O3/c1-9(2)3-6-20-12-4-5-19-8-11(12)15-13(18)10-7-14-17-16-10/h3,7,11-12H,4-6,8H2,1-2H3,(H,15,18)(H,14,16,17)/t11-,12+/m1/s1. The van der Waals surface area contributed by atoms with Gasteiger partial charge in [-0.05, 0) is 20.3 Å². The van der Waals surface area contributed by atoms with Gasteiger partial charge in [0, 0.05) is 6.61 Å². The van der Waals surface area contributed by atoms with Crippen molar-refractivity contribution < 1.29 is 14.3 Å². The Morgan fingerprint density at radius 1 is 1.65 bits per heavy atom. The van der Waals surface area contributed by atoms with Crippen LogP contribution in [0.5, 0.6) is 0 Å². The molecule has 7 nitrogen and oxygen atoms in total. The molecule has 2 atom stereocenters. The number of carbonyl (C=O) groups is 1. The maximum atomic E-state index is 11.9. The fourth-order valence-corrected chi connectivity index (χ4v) is 1.94. The van der Waals surface area contributed by atoms with E-state index < -0.39 is 0 Å². The molecule has 0 saturated carbocycles. The minimum absolute atomic E-state index is 0.0461. The lowest BCUT2D eigenvalue weighted by atomic mass is 10.1. The van der Waals surface area contributed by atoms with Gasteiger partial charge in [0.25, 0.3) is 5.91 Å². The Balaban J connectivity index is 1.89. The minimum atomic E-state index is -0.273. The topological polar surface area (TPSA) is 89.1 Å². The van der Waals surface area contributed by atoms with Gasteiger partial charge in [-0.3, -0.25) is 4.79 Å². The first-order chi connectivity index (χ1) is 9.66. The molecule has 7 heteroatoms. The lowest BCUT2D eigenvalue weighted by molar-refractivity contribution is -0.0457. The number of allylic oxidation sites excluding steroid dienone is 1. The molecule has 2 heterocycles. The molecular weight excluding hydrogens is 260 g/mol. The molecule has 1 saturated heterocycles. The zero-order valence-corrected chi connectivity index (χ0v) is 11.8. The van der Waals surface area contributed by atoms with Crippen LogP contribution in [0.1, 0.15) is 30.8 Å². The minimum Gasteiger partial charge on any atom is -0.379 e. The molecule has 2 N–H and O–H groups in total. The van der Waals surface area contributed by atoms with Gasteiger partial charge in [-0.25, -0.2) is 0 Å². The fourth-order valence-electron chi connectivity index (χ4n) is 1.94. The molecule has 0 spiro atoms. The van der Waals surface area contributed by atoms with Gasteiger partial charge in [-0.1, -0.05) is 11.6 Å². The predicted octanol–water partition coefficient (Wildman–Crippen LogP) is 0.675. The number of nitrogens with one attached hydrogen (secondary N) is 2. The molecule has 2 rings (SSSR count). The van der Waals surface area contributed by atoms with Gasteiger partial charge < -0.3 is 14.8 Å². The number of rotatable bonds is 5. The van der Waals surface area contributed by atoms with Crippen molar-refractivity contribution in [3.05, 3.63) is 23.5 Å². The van der Waals surface area contributed by atoms with Crippen LogP contribution in [0.4, 0.5) is 0 Å². The number of nitrogens with zero attached hydrogens (tertiary/aromatic N) is 2. The largest absolute Gasteiger partial charge is 0.379 e. The van der Waals surface area contributed by atoms with Crippen molar-refractivity contribution in [1.82, 2.24) is 20.7 Å². The van der Waals surface area contributed by atoms with Crippen LogP contribution in [0.2, 0.25) is 0 Å². The Morgan fingerprint density at radius 2 is 2.50 bits per heavy atom. The highest BCUT2D eigenvalue weighted by Crippen LogP contribution is 2.13. The van der Waals surface area contributed by atoms with Crippen molar-refractivity contribution in [2.75, 3.05) is 19.8 Å². The first-order valence-electron chi connectivity index (χ1n) is 6.66. The van der Waals surface area contributed by atoms with Gasteiger partial charge >= 0.3 is 0 Å². The molecule has 1 aromatic heterocycles. The second kappa shape index (κ2) is 7.16. The lowest BCUT2D eigenvalue weighted by Crippen LogP contribution is -2.50. The van der Waals surface area contributed by atoms with Gasteiger partial charge in [-0.2, -0.15) is 15.4 Å². The van der Waals surface area contributed by atoms with Crippen molar-refractivity contribution in [2.45, 2.75) is 32.4 Å². The number of hydrogen-bond acceptors (Lipinski definition) is 5. The number of ether oxygens (including phenoxy) is 2. The Hall–Kier alpha value is -1.73. The molecule has 0 aliphatic carbocycles. The summed E-state index contributed by atoms with van der Waals surface area (Å²) in [5.41, 5.74) is 1.47. The molecular formula is C13H20N4O3. The summed E-state index contributed by atoms with van der Waals surface area (Å²) in [5.74, 6) is -0.273. The highest BCUT2D eigenvalue weighted by molar-refractivity contribution is 5.92. The summed E-state index contributed by atoms with van der Waals surface area (Å²) in [6.45, 7) is 5.69. The van der Waals surface area contributed by atoms with Crippen LogP contribution in [0, 0.1) is 0 Å². The number of aromatic nitrogens is 3. The van der Waals surface area contributed by atoms with E-state index in [0.717, 1.165) is 6.42 Å². The number of hydrogen-bond donors (Lipinski definition) is 2. The molecule has 1 aliphatic heterocycles. The average Bonchev–Trinajstić information content (AvgIpc) is 2.94. The van der Waals surface area contributed by atoms with Crippen LogP contribution in [0.3, 0.4) is 0 Å². The number of amides is 1. The quantitative estimate of drug-likeness (QED) is 0.774. The van der Waals surface area contributed by atoms with Crippen molar-refractivity contribution >= 4 is 5.91 Å². The molecule has 0 radical (unpaired) electrons. The van der Waals surface area contributed by atoms with Crippen LogP contribution in [-0.2, 0) is 9.47 Å². The van der Waals surface area contributed by atoms with E-state index in [9.17, 15) is 4.79 Å². The number of carbonyl (C=O) groups excluding carboxylic acids is 1. The van der Waals surface area contributed by atoms with E-state index in [1.54, 1.807) is 0 Å². The van der Waals surface area contributed by atoms with E-state index in [1.807, 2.05) is 19.9 Å². The Labute approximate surface area is 117 Å². The van der Waals surface area contributed by atoms with Crippen molar-refractivity contribution in [1.29, 1.82) is 0 Å². The second-order valence-electron chi connectivity index (χ2n) is 4.95. The fraction of sp³-hybridized carbons (Fsp3) is 0.615. The summed E-state index contributed by atoms with van der Waals surface area (Å²) >= 11 is 0. The van der Waals surface area contributed by atoms with E-state index in [2.05, 4.69) is 20.7 Å². The zero-order valence-electron chi connectivity index (χ0n) is 11.8. The third-order valence-corrected chi connectivity index (χ3v) is 3.06. The van der Waals surface area contributed by atoms with Gasteiger partial charge in [0.1, 0.15) is 0 Å². The zero-order chi connectivity index (χ0) is 14.4. The van der Waals surface area contributed by atoms with Crippen LogP contribution in [-0.4, -0.2) is 53.3 Å². The summed E-state index contributed by atoms with van der Waals surface area (Å²) < 4.78 is 11.2. The predicted molar refractivity (Wildman–Crippen MR) is 72.2 cm³/mol. The van der Waals surface area contributed by atoms with Crippen LogP contribution < -0.4 is 5.32 Å². The SMILES string of the molecule is CC(C)=CCO[C@H]1CCOC[C@H]1NC(=O)c1cn[nH]n1. The smallest absolute Gasteiger partial charge is 0.273 e. The Bertz CT molecular complexity index is 454. The van der Waals surface area contributed by atoms with Crippen molar-refractivity contribution in [2.24, 2.45) is 0 Å². The third-order valence-electron chi connectivity index (χ3n) is 3.06. The third kappa shape index (κ3) is 4.14. The van der Waals surface area contributed by atoms with E-state index >= 15 is 0 Å². The lowest BCUT2D eigenvalue weighted by Gasteiger charge is -2.31. The summed E-state index contributed by atoms with van der Waals surface area (Å²) in [6.07, 6.45) is 4.12. The average molecular weight is 280 g/mol. The summed E-state index contributed by atoms with van der Waals surface area (Å²) in [6, 6.07) is -0.168.